The number of para-hydroxylation sites is 1. The zero-order chi connectivity index (χ0) is 15.2. The van der Waals surface area contributed by atoms with Crippen LogP contribution in [0, 0.1) is 6.92 Å². The average molecular weight is 287 g/mol. The summed E-state index contributed by atoms with van der Waals surface area (Å²) in [7, 11) is 1.47. The molecule has 1 heterocycles. The maximum atomic E-state index is 11.8. The lowest BCUT2D eigenvalue weighted by atomic mass is 10.1. The monoisotopic (exact) mass is 287 g/mol. The van der Waals surface area contributed by atoms with E-state index in [0.29, 0.717) is 5.75 Å². The van der Waals surface area contributed by atoms with Crippen LogP contribution in [0.5, 0.6) is 17.4 Å². The minimum absolute atomic E-state index is 0.251. The summed E-state index contributed by atoms with van der Waals surface area (Å²) < 4.78 is 15.4. The number of rotatable bonds is 4. The highest BCUT2D eigenvalue weighted by Gasteiger charge is 2.15. The fourth-order valence-corrected chi connectivity index (χ4v) is 1.88. The van der Waals surface area contributed by atoms with Crippen molar-refractivity contribution in [3.8, 4) is 17.4 Å². The Kier molecular flexibility index (Phi) is 4.77. The molecule has 0 aliphatic rings. The Morgan fingerprint density at radius 2 is 1.90 bits per heavy atom. The standard InChI is InChI=1S/C16H17NO4/c1-4-12-10-14(15(19-3)17-11(12)2)21-16(18)20-13-8-6-5-7-9-13/h5-10H,4H2,1-3H3. The van der Waals surface area contributed by atoms with Gasteiger partial charge in [-0.05, 0) is 37.1 Å². The van der Waals surface area contributed by atoms with E-state index in [9.17, 15) is 4.79 Å². The maximum Gasteiger partial charge on any atom is 0.519 e. The minimum atomic E-state index is -0.827. The van der Waals surface area contributed by atoms with Crippen LogP contribution in [-0.2, 0) is 6.42 Å². The molecule has 0 amide bonds. The molecule has 0 atom stereocenters. The number of carbonyl (C=O) groups excluding carboxylic acids is 1. The molecular formula is C16H17NO4. The third-order valence-electron chi connectivity index (χ3n) is 2.96. The van der Waals surface area contributed by atoms with E-state index in [1.54, 1.807) is 30.3 Å². The van der Waals surface area contributed by atoms with Gasteiger partial charge in [-0.25, -0.2) is 9.78 Å². The van der Waals surface area contributed by atoms with E-state index in [-0.39, 0.29) is 11.6 Å². The third-order valence-corrected chi connectivity index (χ3v) is 2.96. The van der Waals surface area contributed by atoms with Crippen LogP contribution in [0.2, 0.25) is 0 Å². The molecule has 0 unspecified atom stereocenters. The van der Waals surface area contributed by atoms with Crippen molar-refractivity contribution in [1.82, 2.24) is 4.98 Å². The van der Waals surface area contributed by atoms with Crippen molar-refractivity contribution in [2.45, 2.75) is 20.3 Å². The topological polar surface area (TPSA) is 57.7 Å². The SMILES string of the molecule is CCc1cc(OC(=O)Oc2ccccc2)c(OC)nc1C. The highest BCUT2D eigenvalue weighted by molar-refractivity contribution is 5.68. The Balaban J connectivity index is 2.16. The van der Waals surface area contributed by atoms with E-state index >= 15 is 0 Å². The molecule has 0 aliphatic heterocycles. The minimum Gasteiger partial charge on any atom is -0.478 e. The Morgan fingerprint density at radius 1 is 1.19 bits per heavy atom. The summed E-state index contributed by atoms with van der Waals surface area (Å²) in [5.74, 6) is 0.924. The fourth-order valence-electron chi connectivity index (χ4n) is 1.88. The summed E-state index contributed by atoms with van der Waals surface area (Å²) >= 11 is 0. The van der Waals surface area contributed by atoms with Crippen molar-refractivity contribution in [3.63, 3.8) is 0 Å². The molecule has 0 fully saturated rings. The van der Waals surface area contributed by atoms with Gasteiger partial charge in [0.2, 0.25) is 0 Å². The van der Waals surface area contributed by atoms with Crippen LogP contribution in [0.15, 0.2) is 36.4 Å². The summed E-state index contributed by atoms with van der Waals surface area (Å²) in [5.41, 5.74) is 1.83. The summed E-state index contributed by atoms with van der Waals surface area (Å²) in [4.78, 5) is 16.1. The highest BCUT2D eigenvalue weighted by atomic mass is 16.7. The summed E-state index contributed by atoms with van der Waals surface area (Å²) in [5, 5.41) is 0. The highest BCUT2D eigenvalue weighted by Crippen LogP contribution is 2.28. The van der Waals surface area contributed by atoms with E-state index in [2.05, 4.69) is 4.98 Å². The zero-order valence-electron chi connectivity index (χ0n) is 12.3. The Bertz CT molecular complexity index is 626. The van der Waals surface area contributed by atoms with Crippen molar-refractivity contribution < 1.29 is 19.0 Å². The number of hydrogen-bond acceptors (Lipinski definition) is 5. The first-order valence-electron chi connectivity index (χ1n) is 6.63. The van der Waals surface area contributed by atoms with Crippen LogP contribution in [0.25, 0.3) is 0 Å². The average Bonchev–Trinajstić information content (AvgIpc) is 2.49. The van der Waals surface area contributed by atoms with Crippen molar-refractivity contribution in [2.75, 3.05) is 7.11 Å². The lowest BCUT2D eigenvalue weighted by Gasteiger charge is -2.11. The molecule has 0 spiro atoms. The summed E-state index contributed by atoms with van der Waals surface area (Å²) in [6.45, 7) is 3.88. The number of pyridine rings is 1. The van der Waals surface area contributed by atoms with E-state index in [0.717, 1.165) is 17.7 Å². The second-order valence-electron chi connectivity index (χ2n) is 4.36. The molecule has 0 N–H and O–H groups in total. The van der Waals surface area contributed by atoms with Crippen LogP contribution >= 0.6 is 0 Å². The molecule has 2 aromatic rings. The fraction of sp³-hybridized carbons (Fsp3) is 0.250. The normalized spacial score (nSPS) is 10.0. The van der Waals surface area contributed by atoms with Crippen molar-refractivity contribution in [2.24, 2.45) is 0 Å². The zero-order valence-corrected chi connectivity index (χ0v) is 12.3. The molecular weight excluding hydrogens is 270 g/mol. The van der Waals surface area contributed by atoms with E-state index in [4.69, 9.17) is 14.2 Å². The van der Waals surface area contributed by atoms with E-state index in [1.165, 1.54) is 7.11 Å². The number of benzene rings is 1. The molecule has 1 aromatic carbocycles. The molecule has 0 bridgehead atoms. The largest absolute Gasteiger partial charge is 0.519 e. The van der Waals surface area contributed by atoms with Crippen LogP contribution in [0.3, 0.4) is 0 Å². The van der Waals surface area contributed by atoms with Gasteiger partial charge in [0, 0.05) is 5.69 Å². The molecule has 0 radical (unpaired) electrons. The second kappa shape index (κ2) is 6.74. The predicted octanol–water partition coefficient (Wildman–Crippen LogP) is 3.54. The van der Waals surface area contributed by atoms with Gasteiger partial charge in [-0.3, -0.25) is 0 Å². The summed E-state index contributed by atoms with van der Waals surface area (Å²) in [6.07, 6.45) is -0.0420. The number of aromatic nitrogens is 1. The van der Waals surface area contributed by atoms with Gasteiger partial charge in [0.25, 0.3) is 5.88 Å². The van der Waals surface area contributed by atoms with Crippen molar-refractivity contribution >= 4 is 6.16 Å². The molecule has 110 valence electrons. The predicted molar refractivity (Wildman–Crippen MR) is 78.0 cm³/mol. The van der Waals surface area contributed by atoms with E-state index in [1.807, 2.05) is 19.9 Å². The maximum absolute atomic E-state index is 11.8. The van der Waals surface area contributed by atoms with Gasteiger partial charge in [0.05, 0.1) is 7.11 Å². The van der Waals surface area contributed by atoms with Gasteiger partial charge in [-0.15, -0.1) is 0 Å². The lowest BCUT2D eigenvalue weighted by molar-refractivity contribution is 0.149. The van der Waals surface area contributed by atoms with Gasteiger partial charge in [-0.2, -0.15) is 0 Å². The van der Waals surface area contributed by atoms with Gasteiger partial charge in [0.15, 0.2) is 5.75 Å². The van der Waals surface area contributed by atoms with Gasteiger partial charge in [0.1, 0.15) is 5.75 Å². The first kappa shape index (κ1) is 14.8. The summed E-state index contributed by atoms with van der Waals surface area (Å²) in [6, 6.07) is 10.5. The number of methoxy groups -OCH3 is 1. The third kappa shape index (κ3) is 3.72. The Morgan fingerprint density at radius 3 is 2.52 bits per heavy atom. The molecule has 0 saturated carbocycles. The van der Waals surface area contributed by atoms with Crippen LogP contribution in [0.4, 0.5) is 4.79 Å². The quantitative estimate of drug-likeness (QED) is 0.636. The Hall–Kier alpha value is -2.56. The molecule has 1 aromatic heterocycles. The van der Waals surface area contributed by atoms with Crippen LogP contribution in [0.1, 0.15) is 18.2 Å². The van der Waals surface area contributed by atoms with Gasteiger partial charge in [-0.1, -0.05) is 25.1 Å². The smallest absolute Gasteiger partial charge is 0.478 e. The number of ether oxygens (including phenoxy) is 3. The lowest BCUT2D eigenvalue weighted by Crippen LogP contribution is -2.15. The van der Waals surface area contributed by atoms with Crippen molar-refractivity contribution in [1.29, 1.82) is 0 Å². The van der Waals surface area contributed by atoms with Crippen LogP contribution in [-0.4, -0.2) is 18.2 Å². The molecule has 0 saturated heterocycles. The van der Waals surface area contributed by atoms with Crippen LogP contribution < -0.4 is 14.2 Å². The number of hydrogen-bond donors (Lipinski definition) is 0. The molecule has 5 nitrogen and oxygen atoms in total. The van der Waals surface area contributed by atoms with Gasteiger partial charge < -0.3 is 14.2 Å². The first-order valence-corrected chi connectivity index (χ1v) is 6.63. The van der Waals surface area contributed by atoms with E-state index < -0.39 is 6.16 Å². The number of nitrogens with zero attached hydrogens (tertiary/aromatic N) is 1. The molecule has 2 rings (SSSR count). The van der Waals surface area contributed by atoms with Gasteiger partial charge >= 0.3 is 6.16 Å². The molecule has 0 aliphatic carbocycles. The Labute approximate surface area is 123 Å². The first-order chi connectivity index (χ1) is 10.1. The number of aryl methyl sites for hydroxylation is 2. The molecule has 5 heteroatoms. The van der Waals surface area contributed by atoms with Crippen molar-refractivity contribution in [3.05, 3.63) is 47.7 Å². The molecule has 21 heavy (non-hydrogen) atoms. The second-order valence-corrected chi connectivity index (χ2v) is 4.36. The number of carbonyl (C=O) groups is 1.